The van der Waals surface area contributed by atoms with E-state index in [2.05, 4.69) is 12.1 Å². The highest BCUT2D eigenvalue weighted by molar-refractivity contribution is 7.07. The Labute approximate surface area is 322 Å². The van der Waals surface area contributed by atoms with Crippen LogP contribution in [0.5, 0.6) is 23.0 Å². The molecule has 14 heteroatoms. The topological polar surface area (TPSA) is 133 Å². The van der Waals surface area contributed by atoms with Crippen molar-refractivity contribution >= 4 is 75.2 Å². The Balaban J connectivity index is 1.34. The minimum atomic E-state index is -0.869. The molecule has 0 bridgehead atoms. The van der Waals surface area contributed by atoms with E-state index in [4.69, 9.17) is 71.1 Å². The summed E-state index contributed by atoms with van der Waals surface area (Å²) in [4.78, 5) is 13.8. The Morgan fingerprint density at radius 2 is 1.31 bits per heavy atom. The van der Waals surface area contributed by atoms with Crippen LogP contribution in [-0.2, 0) is 13.2 Å². The predicted molar refractivity (Wildman–Crippen MR) is 204 cm³/mol. The molecule has 1 aliphatic rings. The SMILES string of the molecule is COc1cc(/C=c2\sc3n(c2=O)C(N)=C(C#N)[C@@H](c2ccc(OCc4ccc(Cl)c(Cl)c4)c(OC)c2)C=3C#N)ccc1OCc1ccc(Cl)c(Cl)c1. The molecule has 1 aliphatic heterocycles. The Kier molecular flexibility index (Phi) is 11.1. The first kappa shape index (κ1) is 36.7. The van der Waals surface area contributed by atoms with Crippen molar-refractivity contribution in [1.29, 1.82) is 10.5 Å². The number of halogens is 4. The lowest BCUT2D eigenvalue weighted by Crippen LogP contribution is -2.38. The van der Waals surface area contributed by atoms with Gasteiger partial charge in [0.1, 0.15) is 23.7 Å². The molecule has 0 fully saturated rings. The standard InChI is InChI=1S/C38H26Cl4N4O5S/c1-48-32-13-20(5-9-30(32)50-18-21-3-7-26(39)28(41)11-21)14-34-37(47)46-36(45)24(16-43)35(25(17-44)38(46)52-34)23-6-10-31(33(15-23)49-2)51-19-22-4-8-27(40)29(42)12-22/h3-15,35H,18-19,45H2,1-2H3/b34-14-/t35-/m1/s1. The molecule has 0 radical (unpaired) electrons. The fourth-order valence-electron chi connectivity index (χ4n) is 5.59. The van der Waals surface area contributed by atoms with Crippen LogP contribution >= 0.6 is 57.7 Å². The van der Waals surface area contributed by atoms with Gasteiger partial charge in [-0.2, -0.15) is 10.5 Å². The molecule has 1 aromatic heterocycles. The van der Waals surface area contributed by atoms with Crippen LogP contribution in [0, 0.1) is 22.7 Å². The third kappa shape index (κ3) is 7.31. The molecule has 0 amide bonds. The number of aromatic nitrogens is 1. The van der Waals surface area contributed by atoms with Crippen molar-refractivity contribution in [3.8, 4) is 35.1 Å². The molecular formula is C38H26Cl4N4O5S. The highest BCUT2D eigenvalue weighted by Gasteiger charge is 2.33. The minimum Gasteiger partial charge on any atom is -0.493 e. The first-order chi connectivity index (χ1) is 25.1. The van der Waals surface area contributed by atoms with Crippen molar-refractivity contribution in [2.24, 2.45) is 5.73 Å². The zero-order valence-corrected chi connectivity index (χ0v) is 31.2. The van der Waals surface area contributed by atoms with Gasteiger partial charge in [0, 0.05) is 0 Å². The second-order valence-corrected chi connectivity index (χ2v) is 14.0. The molecule has 0 aliphatic carbocycles. The summed E-state index contributed by atoms with van der Waals surface area (Å²) in [7, 11) is 3.00. The van der Waals surface area contributed by atoms with Gasteiger partial charge in [-0.05, 0) is 76.9 Å². The quantitative estimate of drug-likeness (QED) is 0.153. The number of methoxy groups -OCH3 is 2. The smallest absolute Gasteiger partial charge is 0.274 e. The van der Waals surface area contributed by atoms with Gasteiger partial charge in [-0.3, -0.25) is 9.36 Å². The van der Waals surface area contributed by atoms with Gasteiger partial charge >= 0.3 is 0 Å². The van der Waals surface area contributed by atoms with Crippen molar-refractivity contribution < 1.29 is 18.9 Å². The van der Waals surface area contributed by atoms with E-state index in [9.17, 15) is 15.3 Å². The lowest BCUT2D eigenvalue weighted by Gasteiger charge is -2.23. The van der Waals surface area contributed by atoms with Gasteiger partial charge in [0.25, 0.3) is 5.56 Å². The fraction of sp³-hybridized carbons (Fsp3) is 0.132. The van der Waals surface area contributed by atoms with Crippen LogP contribution in [-0.4, -0.2) is 18.8 Å². The van der Waals surface area contributed by atoms with Crippen LogP contribution < -0.4 is 39.4 Å². The second-order valence-electron chi connectivity index (χ2n) is 11.3. The molecule has 0 saturated heterocycles. The van der Waals surface area contributed by atoms with Crippen molar-refractivity contribution in [3.05, 3.63) is 140 Å². The number of ether oxygens (including phenoxy) is 4. The molecule has 0 saturated carbocycles. The zero-order chi connectivity index (χ0) is 37.1. The molecule has 262 valence electrons. The van der Waals surface area contributed by atoms with Crippen molar-refractivity contribution in [1.82, 2.24) is 4.57 Å². The monoisotopic (exact) mass is 790 g/mol. The summed E-state index contributed by atoms with van der Waals surface area (Å²) < 4.78 is 25.0. The number of rotatable bonds is 10. The highest BCUT2D eigenvalue weighted by atomic mass is 35.5. The van der Waals surface area contributed by atoms with E-state index < -0.39 is 11.5 Å². The number of nitrogens with zero attached hydrogens (tertiary/aromatic N) is 3. The number of thiazole rings is 1. The first-order valence-electron chi connectivity index (χ1n) is 15.3. The molecule has 4 aromatic carbocycles. The Hall–Kier alpha value is -5.07. The first-order valence-corrected chi connectivity index (χ1v) is 17.7. The average molecular weight is 793 g/mol. The molecule has 6 rings (SSSR count). The van der Waals surface area contributed by atoms with E-state index in [1.54, 1.807) is 72.8 Å². The minimum absolute atomic E-state index is 0.0483. The number of allylic oxidation sites excluding steroid dienone is 1. The second kappa shape index (κ2) is 15.7. The van der Waals surface area contributed by atoms with Gasteiger partial charge in [-0.1, -0.05) is 70.7 Å². The van der Waals surface area contributed by atoms with Crippen molar-refractivity contribution in [3.63, 3.8) is 0 Å². The maximum atomic E-state index is 13.8. The highest BCUT2D eigenvalue weighted by Crippen LogP contribution is 2.40. The summed E-state index contributed by atoms with van der Waals surface area (Å²) in [5.74, 6) is 0.767. The van der Waals surface area contributed by atoms with Crippen LogP contribution in [0.25, 0.3) is 17.5 Å². The molecule has 52 heavy (non-hydrogen) atoms. The molecule has 0 unspecified atom stereocenters. The van der Waals surface area contributed by atoms with Crippen LogP contribution in [0.4, 0.5) is 0 Å². The van der Waals surface area contributed by atoms with Crippen LogP contribution in [0.2, 0.25) is 20.1 Å². The number of fused-ring (bicyclic) bond motifs is 1. The fourth-order valence-corrected chi connectivity index (χ4v) is 7.36. The number of hydrogen-bond donors (Lipinski definition) is 1. The van der Waals surface area contributed by atoms with E-state index in [-0.39, 0.29) is 30.2 Å². The van der Waals surface area contributed by atoms with Crippen LogP contribution in [0.15, 0.2) is 83.2 Å². The van der Waals surface area contributed by atoms with Crippen LogP contribution in [0.1, 0.15) is 28.2 Å². The van der Waals surface area contributed by atoms with Gasteiger partial charge < -0.3 is 24.7 Å². The van der Waals surface area contributed by atoms with Crippen molar-refractivity contribution in [2.75, 3.05) is 14.2 Å². The van der Waals surface area contributed by atoms with E-state index in [1.807, 2.05) is 6.07 Å². The molecule has 2 heterocycles. The molecule has 2 N–H and O–H groups in total. The van der Waals surface area contributed by atoms with Gasteiger partial charge in [-0.15, -0.1) is 11.3 Å². The summed E-state index contributed by atoms with van der Waals surface area (Å²) in [6.07, 6.45) is 1.66. The normalized spacial score (nSPS) is 14.0. The van der Waals surface area contributed by atoms with Crippen molar-refractivity contribution in [2.45, 2.75) is 19.1 Å². The molecule has 1 atom stereocenters. The Bertz CT molecular complexity index is 2530. The van der Waals surface area contributed by atoms with E-state index in [0.29, 0.717) is 63.4 Å². The third-order valence-corrected chi connectivity index (χ3v) is 10.7. The predicted octanol–water partition coefficient (Wildman–Crippen LogP) is 7.65. The van der Waals surface area contributed by atoms with Gasteiger partial charge in [-0.25, -0.2) is 0 Å². The maximum Gasteiger partial charge on any atom is 0.274 e. The number of hydrogen-bond acceptors (Lipinski definition) is 9. The molecule has 0 spiro atoms. The maximum absolute atomic E-state index is 13.8. The third-order valence-electron chi connectivity index (χ3n) is 8.15. The van der Waals surface area contributed by atoms with Gasteiger partial charge in [0.2, 0.25) is 0 Å². The number of benzene rings is 4. The largest absolute Gasteiger partial charge is 0.493 e. The molecule has 9 nitrogen and oxygen atoms in total. The Morgan fingerprint density at radius 1 is 0.750 bits per heavy atom. The zero-order valence-electron chi connectivity index (χ0n) is 27.4. The summed E-state index contributed by atoms with van der Waals surface area (Å²) in [6, 6.07) is 25.1. The number of nitriles is 2. The van der Waals surface area contributed by atoms with E-state index >= 15 is 0 Å². The average Bonchev–Trinajstić information content (AvgIpc) is 3.47. The van der Waals surface area contributed by atoms with E-state index in [1.165, 1.54) is 18.8 Å². The summed E-state index contributed by atoms with van der Waals surface area (Å²) in [5.41, 5.74) is 9.07. The number of nitrogens with two attached hydrogens (primary N) is 1. The summed E-state index contributed by atoms with van der Waals surface area (Å²) in [5, 5.41) is 22.4. The molecular weight excluding hydrogens is 766 g/mol. The summed E-state index contributed by atoms with van der Waals surface area (Å²) in [6.45, 7) is 0.402. The summed E-state index contributed by atoms with van der Waals surface area (Å²) >= 11 is 25.4. The van der Waals surface area contributed by atoms with Gasteiger partial charge in [0.05, 0.1) is 68.0 Å². The van der Waals surface area contributed by atoms with Gasteiger partial charge in [0.15, 0.2) is 23.0 Å². The lowest BCUT2D eigenvalue weighted by atomic mass is 9.84. The van der Waals surface area contributed by atoms with E-state index in [0.717, 1.165) is 22.5 Å². The Morgan fingerprint density at radius 3 is 1.85 bits per heavy atom. The van der Waals surface area contributed by atoms with Crippen LogP contribution in [0.3, 0.4) is 0 Å². The lowest BCUT2D eigenvalue weighted by molar-refractivity contribution is 0.284. The molecule has 5 aromatic rings.